The lowest BCUT2D eigenvalue weighted by molar-refractivity contribution is 0.449. The molecule has 0 bridgehead atoms. The first-order chi connectivity index (χ1) is 10.3. The van der Waals surface area contributed by atoms with Crippen molar-refractivity contribution < 1.29 is 12.8 Å². The van der Waals surface area contributed by atoms with E-state index in [2.05, 4.69) is 4.72 Å². The summed E-state index contributed by atoms with van der Waals surface area (Å²) in [7, 11) is -3.44. The molecule has 0 spiro atoms. The van der Waals surface area contributed by atoms with E-state index in [-0.39, 0.29) is 11.6 Å². The monoisotopic (exact) mass is 321 g/mol. The van der Waals surface area contributed by atoms with Crippen LogP contribution < -0.4 is 4.72 Å². The van der Waals surface area contributed by atoms with Gasteiger partial charge < -0.3 is 0 Å². The minimum absolute atomic E-state index is 0.0549. The number of sulfonamides is 1. The fourth-order valence-corrected chi connectivity index (χ4v) is 4.02. The Balaban J connectivity index is 2.05. The maximum Gasteiger partial charge on any atom is 0.216 e. The van der Waals surface area contributed by atoms with E-state index in [9.17, 15) is 12.8 Å². The number of halogens is 1. The Morgan fingerprint density at radius 2 is 1.55 bits per heavy atom. The number of hydrogen-bond acceptors (Lipinski definition) is 2. The number of benzene rings is 2. The van der Waals surface area contributed by atoms with E-state index in [1.165, 1.54) is 12.1 Å². The van der Waals surface area contributed by atoms with Gasteiger partial charge in [0.05, 0.1) is 5.75 Å². The third-order valence-electron chi connectivity index (χ3n) is 3.19. The van der Waals surface area contributed by atoms with Crippen molar-refractivity contribution in [3.8, 4) is 0 Å². The first-order valence-electron chi connectivity index (χ1n) is 7.06. The first-order valence-corrected chi connectivity index (χ1v) is 8.71. The summed E-state index contributed by atoms with van der Waals surface area (Å²) < 4.78 is 40.2. The topological polar surface area (TPSA) is 46.2 Å². The molecule has 2 aromatic carbocycles. The number of nitrogens with one attached hydrogen (secondary N) is 1. The molecule has 0 heterocycles. The summed E-state index contributed by atoms with van der Waals surface area (Å²) in [6.07, 6.45) is 0.487. The summed E-state index contributed by atoms with van der Waals surface area (Å²) in [6, 6.07) is 15.1. The first kappa shape index (κ1) is 16.6. The summed E-state index contributed by atoms with van der Waals surface area (Å²) in [4.78, 5) is 0. The molecule has 0 saturated carbocycles. The number of hydrogen-bond donors (Lipinski definition) is 1. The van der Waals surface area contributed by atoms with Crippen LogP contribution >= 0.6 is 0 Å². The Bertz CT molecular complexity index is 710. The van der Waals surface area contributed by atoms with Crippen molar-refractivity contribution >= 4 is 10.0 Å². The SMILES string of the molecule is CC(C)(Cc1ccc(F)cc1)NS(=O)(=O)Cc1ccccc1. The van der Waals surface area contributed by atoms with Gasteiger partial charge in [-0.05, 0) is 43.5 Å². The van der Waals surface area contributed by atoms with E-state index in [0.29, 0.717) is 6.42 Å². The van der Waals surface area contributed by atoms with E-state index < -0.39 is 15.6 Å². The van der Waals surface area contributed by atoms with E-state index in [1.807, 2.05) is 32.0 Å². The molecule has 5 heteroatoms. The summed E-state index contributed by atoms with van der Waals surface area (Å²) in [5.74, 6) is -0.355. The normalized spacial score (nSPS) is 12.3. The highest BCUT2D eigenvalue weighted by Gasteiger charge is 2.25. The van der Waals surface area contributed by atoms with Gasteiger partial charge in [0.25, 0.3) is 0 Å². The zero-order chi connectivity index (χ0) is 16.2. The van der Waals surface area contributed by atoms with Crippen molar-refractivity contribution in [1.29, 1.82) is 0 Å². The molecule has 0 atom stereocenters. The largest absolute Gasteiger partial charge is 0.216 e. The Kier molecular flexibility index (Phi) is 4.98. The standard InChI is InChI=1S/C17H20FNO2S/c1-17(2,12-14-8-10-16(18)11-9-14)19-22(20,21)13-15-6-4-3-5-7-15/h3-11,19H,12-13H2,1-2H3. The molecule has 3 nitrogen and oxygen atoms in total. The highest BCUT2D eigenvalue weighted by Crippen LogP contribution is 2.16. The lowest BCUT2D eigenvalue weighted by atomic mass is 9.96. The van der Waals surface area contributed by atoms with Crippen LogP contribution in [0.5, 0.6) is 0 Å². The second-order valence-corrected chi connectivity index (χ2v) is 7.76. The van der Waals surface area contributed by atoms with Gasteiger partial charge in [0, 0.05) is 5.54 Å². The molecule has 0 amide bonds. The molecule has 0 aromatic heterocycles. The maximum atomic E-state index is 12.9. The molecule has 0 aliphatic rings. The maximum absolute atomic E-state index is 12.9. The predicted molar refractivity (Wildman–Crippen MR) is 86.4 cm³/mol. The average molecular weight is 321 g/mol. The Hall–Kier alpha value is -1.72. The molecule has 0 aliphatic heterocycles. The zero-order valence-electron chi connectivity index (χ0n) is 12.7. The zero-order valence-corrected chi connectivity index (χ0v) is 13.5. The lowest BCUT2D eigenvalue weighted by Gasteiger charge is -2.26. The molecule has 118 valence electrons. The molecule has 0 aliphatic carbocycles. The van der Waals surface area contributed by atoms with Gasteiger partial charge in [0.2, 0.25) is 10.0 Å². The van der Waals surface area contributed by atoms with Crippen molar-refractivity contribution in [2.75, 3.05) is 0 Å². The number of rotatable bonds is 6. The van der Waals surface area contributed by atoms with Crippen molar-refractivity contribution in [3.05, 3.63) is 71.5 Å². The predicted octanol–water partition coefficient (Wildman–Crippen LogP) is 3.27. The van der Waals surface area contributed by atoms with Gasteiger partial charge in [0.1, 0.15) is 5.82 Å². The third kappa shape index (κ3) is 5.24. The van der Waals surface area contributed by atoms with Gasteiger partial charge in [0.15, 0.2) is 0 Å². The van der Waals surface area contributed by atoms with Crippen molar-refractivity contribution in [3.63, 3.8) is 0 Å². The molecule has 0 fully saturated rings. The molecule has 22 heavy (non-hydrogen) atoms. The Morgan fingerprint density at radius 3 is 2.14 bits per heavy atom. The Morgan fingerprint density at radius 1 is 0.955 bits per heavy atom. The van der Waals surface area contributed by atoms with Crippen LogP contribution in [0.3, 0.4) is 0 Å². The third-order valence-corrected chi connectivity index (χ3v) is 4.77. The molecular formula is C17H20FNO2S. The Labute approximate surface area is 131 Å². The fourth-order valence-electron chi connectivity index (χ4n) is 2.40. The van der Waals surface area contributed by atoms with Gasteiger partial charge in [-0.25, -0.2) is 17.5 Å². The summed E-state index contributed by atoms with van der Waals surface area (Å²) in [6.45, 7) is 3.64. The van der Waals surface area contributed by atoms with Crippen LogP contribution in [0.2, 0.25) is 0 Å². The highest BCUT2D eigenvalue weighted by atomic mass is 32.2. The van der Waals surface area contributed by atoms with Crippen LogP contribution in [0.15, 0.2) is 54.6 Å². The van der Waals surface area contributed by atoms with Crippen molar-refractivity contribution in [2.45, 2.75) is 31.6 Å². The van der Waals surface area contributed by atoms with Gasteiger partial charge in [-0.3, -0.25) is 0 Å². The van der Waals surface area contributed by atoms with Crippen molar-refractivity contribution in [2.24, 2.45) is 0 Å². The summed E-state index contributed by atoms with van der Waals surface area (Å²) >= 11 is 0. The van der Waals surface area contributed by atoms with Gasteiger partial charge in [-0.2, -0.15) is 0 Å². The average Bonchev–Trinajstić information content (AvgIpc) is 2.40. The molecule has 0 radical (unpaired) electrons. The van der Waals surface area contributed by atoms with E-state index in [1.54, 1.807) is 24.3 Å². The minimum atomic E-state index is -3.44. The molecule has 1 N–H and O–H groups in total. The highest BCUT2D eigenvalue weighted by molar-refractivity contribution is 7.88. The lowest BCUT2D eigenvalue weighted by Crippen LogP contribution is -2.45. The quantitative estimate of drug-likeness (QED) is 0.887. The summed E-state index contributed by atoms with van der Waals surface area (Å²) in [5, 5.41) is 0. The van der Waals surface area contributed by atoms with Crippen LogP contribution in [-0.4, -0.2) is 14.0 Å². The van der Waals surface area contributed by atoms with E-state index in [4.69, 9.17) is 0 Å². The molecule has 0 saturated heterocycles. The fraction of sp³-hybridized carbons (Fsp3) is 0.294. The second-order valence-electron chi connectivity index (χ2n) is 6.03. The van der Waals surface area contributed by atoms with Crippen LogP contribution in [0.4, 0.5) is 4.39 Å². The smallest absolute Gasteiger partial charge is 0.212 e. The molecule has 0 unspecified atom stereocenters. The van der Waals surface area contributed by atoms with Gasteiger partial charge in [-0.1, -0.05) is 42.5 Å². The van der Waals surface area contributed by atoms with Crippen LogP contribution in [0, 0.1) is 5.82 Å². The van der Waals surface area contributed by atoms with Gasteiger partial charge in [-0.15, -0.1) is 0 Å². The minimum Gasteiger partial charge on any atom is -0.212 e. The van der Waals surface area contributed by atoms with E-state index >= 15 is 0 Å². The van der Waals surface area contributed by atoms with Crippen LogP contribution in [0.1, 0.15) is 25.0 Å². The second kappa shape index (κ2) is 6.58. The van der Waals surface area contributed by atoms with E-state index in [0.717, 1.165) is 11.1 Å². The molecular weight excluding hydrogens is 301 g/mol. The molecule has 2 rings (SSSR count). The summed E-state index contributed by atoms with van der Waals surface area (Å²) in [5.41, 5.74) is 0.979. The van der Waals surface area contributed by atoms with Crippen LogP contribution in [-0.2, 0) is 22.2 Å². The molecule has 2 aromatic rings. The van der Waals surface area contributed by atoms with Crippen LogP contribution in [0.25, 0.3) is 0 Å². The van der Waals surface area contributed by atoms with Crippen molar-refractivity contribution in [1.82, 2.24) is 4.72 Å². The van der Waals surface area contributed by atoms with Gasteiger partial charge >= 0.3 is 0 Å².